The van der Waals surface area contributed by atoms with Gasteiger partial charge in [0.05, 0.1) is 11.3 Å². The number of primary amides is 1. The molecule has 0 saturated heterocycles. The smallest absolute Gasteiger partial charge is 0.254 e. The van der Waals surface area contributed by atoms with Gasteiger partial charge in [-0.25, -0.2) is 0 Å². The summed E-state index contributed by atoms with van der Waals surface area (Å²) in [6.45, 7) is 1.36. The SMILES string of the molecule is CC(=O)Nc1ccccc1C(=O)N[C@H](C/C=C/c1ccccc1)C(N)=O. The quantitative estimate of drug-likeness (QED) is 0.713. The van der Waals surface area contributed by atoms with E-state index in [0.717, 1.165) is 5.56 Å². The van der Waals surface area contributed by atoms with E-state index >= 15 is 0 Å². The Balaban J connectivity index is 2.08. The van der Waals surface area contributed by atoms with Gasteiger partial charge >= 0.3 is 0 Å². The maximum Gasteiger partial charge on any atom is 0.254 e. The van der Waals surface area contributed by atoms with Crippen LogP contribution in [0.5, 0.6) is 0 Å². The molecule has 0 spiro atoms. The molecule has 0 heterocycles. The topological polar surface area (TPSA) is 101 Å². The average Bonchev–Trinajstić information content (AvgIpc) is 2.61. The maximum absolute atomic E-state index is 12.5. The molecule has 26 heavy (non-hydrogen) atoms. The minimum atomic E-state index is -0.854. The molecule has 0 unspecified atom stereocenters. The van der Waals surface area contributed by atoms with Gasteiger partial charge in [0.1, 0.15) is 6.04 Å². The number of hydrogen-bond donors (Lipinski definition) is 3. The normalized spacial score (nSPS) is 11.7. The second-order valence-electron chi connectivity index (χ2n) is 5.70. The first-order valence-electron chi connectivity index (χ1n) is 8.15. The Hall–Kier alpha value is -3.41. The molecular weight excluding hydrogens is 330 g/mol. The lowest BCUT2D eigenvalue weighted by atomic mass is 10.1. The molecular formula is C20H21N3O3. The predicted molar refractivity (Wildman–Crippen MR) is 101 cm³/mol. The van der Waals surface area contributed by atoms with E-state index < -0.39 is 17.9 Å². The van der Waals surface area contributed by atoms with Crippen LogP contribution < -0.4 is 16.4 Å². The van der Waals surface area contributed by atoms with Crippen LogP contribution in [0, 0.1) is 0 Å². The van der Waals surface area contributed by atoms with Gasteiger partial charge in [0.2, 0.25) is 11.8 Å². The molecule has 6 heteroatoms. The summed E-state index contributed by atoms with van der Waals surface area (Å²) in [4.78, 5) is 35.4. The summed E-state index contributed by atoms with van der Waals surface area (Å²) in [5, 5.41) is 5.21. The molecule has 134 valence electrons. The highest BCUT2D eigenvalue weighted by Crippen LogP contribution is 2.15. The molecule has 0 aliphatic carbocycles. The zero-order chi connectivity index (χ0) is 18.9. The van der Waals surface area contributed by atoms with Crippen LogP contribution in [0.3, 0.4) is 0 Å². The molecule has 0 fully saturated rings. The molecule has 2 aromatic carbocycles. The van der Waals surface area contributed by atoms with E-state index in [0.29, 0.717) is 5.69 Å². The largest absolute Gasteiger partial charge is 0.368 e. The Kier molecular flexibility index (Phi) is 6.68. The second-order valence-corrected chi connectivity index (χ2v) is 5.70. The first-order chi connectivity index (χ1) is 12.5. The minimum absolute atomic E-state index is 0.262. The third-order valence-electron chi connectivity index (χ3n) is 3.61. The first-order valence-corrected chi connectivity index (χ1v) is 8.15. The molecule has 6 nitrogen and oxygen atoms in total. The molecule has 0 radical (unpaired) electrons. The Labute approximate surface area is 152 Å². The monoisotopic (exact) mass is 351 g/mol. The number of amides is 3. The van der Waals surface area contributed by atoms with Crippen molar-refractivity contribution in [2.24, 2.45) is 5.73 Å². The van der Waals surface area contributed by atoms with Crippen molar-refractivity contribution in [3.63, 3.8) is 0 Å². The number of nitrogens with two attached hydrogens (primary N) is 1. The lowest BCUT2D eigenvalue weighted by Crippen LogP contribution is -2.44. The summed E-state index contributed by atoms with van der Waals surface area (Å²) in [5.41, 5.74) is 7.03. The molecule has 0 aliphatic heterocycles. The Morgan fingerprint density at radius 3 is 2.35 bits per heavy atom. The summed E-state index contributed by atoms with van der Waals surface area (Å²) in [7, 11) is 0. The first kappa shape index (κ1) is 18.9. The molecule has 2 aromatic rings. The van der Waals surface area contributed by atoms with Gasteiger partial charge in [0.15, 0.2) is 0 Å². The van der Waals surface area contributed by atoms with E-state index in [9.17, 15) is 14.4 Å². The Morgan fingerprint density at radius 2 is 1.69 bits per heavy atom. The summed E-state index contributed by atoms with van der Waals surface area (Å²) in [6.07, 6.45) is 3.90. The summed E-state index contributed by atoms with van der Waals surface area (Å²) < 4.78 is 0. The van der Waals surface area contributed by atoms with E-state index in [4.69, 9.17) is 5.73 Å². The fourth-order valence-electron chi connectivity index (χ4n) is 2.37. The fourth-order valence-corrected chi connectivity index (χ4v) is 2.37. The Bertz CT molecular complexity index is 816. The number of hydrogen-bond acceptors (Lipinski definition) is 3. The predicted octanol–water partition coefficient (Wildman–Crippen LogP) is 2.33. The van der Waals surface area contributed by atoms with Gasteiger partial charge in [0.25, 0.3) is 5.91 Å². The van der Waals surface area contributed by atoms with Crippen molar-refractivity contribution in [3.8, 4) is 0 Å². The number of nitrogens with one attached hydrogen (secondary N) is 2. The van der Waals surface area contributed by atoms with E-state index in [1.165, 1.54) is 6.92 Å². The number of carbonyl (C=O) groups is 3. The zero-order valence-electron chi connectivity index (χ0n) is 14.4. The average molecular weight is 351 g/mol. The van der Waals surface area contributed by atoms with E-state index in [1.54, 1.807) is 30.3 Å². The summed E-state index contributed by atoms with van der Waals surface area (Å²) in [6, 6.07) is 15.3. The van der Waals surface area contributed by atoms with E-state index in [-0.39, 0.29) is 17.9 Å². The van der Waals surface area contributed by atoms with Gasteiger partial charge in [-0.1, -0.05) is 54.6 Å². The van der Waals surface area contributed by atoms with Crippen LogP contribution in [0.15, 0.2) is 60.7 Å². The molecule has 0 bridgehead atoms. The molecule has 0 aliphatic rings. The van der Waals surface area contributed by atoms with E-state index in [2.05, 4.69) is 10.6 Å². The van der Waals surface area contributed by atoms with Crippen LogP contribution in [0.2, 0.25) is 0 Å². The van der Waals surface area contributed by atoms with Crippen molar-refractivity contribution >= 4 is 29.5 Å². The van der Waals surface area contributed by atoms with Crippen molar-refractivity contribution in [1.82, 2.24) is 5.32 Å². The van der Waals surface area contributed by atoms with Crippen molar-refractivity contribution in [3.05, 3.63) is 71.8 Å². The highest BCUT2D eigenvalue weighted by molar-refractivity contribution is 6.04. The number of rotatable bonds is 7. The standard InChI is InChI=1S/C20H21N3O3/c1-14(24)22-17-12-6-5-11-16(17)20(26)23-18(19(21)25)13-7-10-15-8-3-2-4-9-15/h2-12,18H,13H2,1H3,(H2,21,25)(H,22,24)(H,23,26)/b10-7+/t18-/m1/s1. The van der Waals surface area contributed by atoms with Crippen LogP contribution in [-0.2, 0) is 9.59 Å². The molecule has 0 saturated carbocycles. The molecule has 3 amide bonds. The molecule has 1 atom stereocenters. The lowest BCUT2D eigenvalue weighted by Gasteiger charge is -2.15. The third kappa shape index (κ3) is 5.59. The lowest BCUT2D eigenvalue weighted by molar-refractivity contribution is -0.119. The van der Waals surface area contributed by atoms with Gasteiger partial charge < -0.3 is 16.4 Å². The van der Waals surface area contributed by atoms with Gasteiger partial charge in [-0.3, -0.25) is 14.4 Å². The van der Waals surface area contributed by atoms with Crippen LogP contribution in [0.25, 0.3) is 6.08 Å². The minimum Gasteiger partial charge on any atom is -0.368 e. The number of para-hydroxylation sites is 1. The van der Waals surface area contributed by atoms with Gasteiger partial charge in [0, 0.05) is 6.92 Å². The fraction of sp³-hybridized carbons (Fsp3) is 0.150. The Morgan fingerprint density at radius 1 is 1.04 bits per heavy atom. The number of carbonyl (C=O) groups excluding carboxylic acids is 3. The maximum atomic E-state index is 12.5. The zero-order valence-corrected chi connectivity index (χ0v) is 14.4. The van der Waals surface area contributed by atoms with Crippen molar-refractivity contribution in [1.29, 1.82) is 0 Å². The highest BCUT2D eigenvalue weighted by Gasteiger charge is 2.19. The van der Waals surface area contributed by atoms with Crippen LogP contribution in [-0.4, -0.2) is 23.8 Å². The highest BCUT2D eigenvalue weighted by atomic mass is 16.2. The summed E-state index contributed by atoms with van der Waals surface area (Å²) >= 11 is 0. The van der Waals surface area contributed by atoms with Crippen molar-refractivity contribution in [2.75, 3.05) is 5.32 Å². The van der Waals surface area contributed by atoms with Gasteiger partial charge in [-0.05, 0) is 24.1 Å². The van der Waals surface area contributed by atoms with Crippen LogP contribution >= 0.6 is 0 Å². The number of benzene rings is 2. The van der Waals surface area contributed by atoms with Gasteiger partial charge in [-0.2, -0.15) is 0 Å². The molecule has 0 aromatic heterocycles. The third-order valence-corrected chi connectivity index (χ3v) is 3.61. The molecule has 2 rings (SSSR count). The van der Waals surface area contributed by atoms with Crippen LogP contribution in [0.1, 0.15) is 29.3 Å². The van der Waals surface area contributed by atoms with Crippen LogP contribution in [0.4, 0.5) is 5.69 Å². The summed E-state index contributed by atoms with van der Waals surface area (Å²) in [5.74, 6) is -1.40. The van der Waals surface area contributed by atoms with Crippen molar-refractivity contribution in [2.45, 2.75) is 19.4 Å². The second kappa shape index (κ2) is 9.17. The van der Waals surface area contributed by atoms with E-state index in [1.807, 2.05) is 36.4 Å². The molecule has 4 N–H and O–H groups in total. The van der Waals surface area contributed by atoms with Crippen molar-refractivity contribution < 1.29 is 14.4 Å². The number of anilines is 1. The van der Waals surface area contributed by atoms with Gasteiger partial charge in [-0.15, -0.1) is 0 Å².